The Morgan fingerprint density at radius 2 is 1.94 bits per heavy atom. The summed E-state index contributed by atoms with van der Waals surface area (Å²) in [4.78, 5) is 3.96. The Labute approximate surface area is 114 Å². The van der Waals surface area contributed by atoms with Crippen molar-refractivity contribution in [2.45, 2.75) is 31.7 Å². The third-order valence-corrected chi connectivity index (χ3v) is 4.35. The van der Waals surface area contributed by atoms with Crippen molar-refractivity contribution in [3.05, 3.63) is 23.9 Å². The van der Waals surface area contributed by atoms with Gasteiger partial charge in [0, 0.05) is 25.7 Å². The maximum Gasteiger partial charge on any atom is 0.260 e. The number of sulfonamides is 1. The summed E-state index contributed by atoms with van der Waals surface area (Å²) in [6.45, 7) is 6.41. The molecule has 0 bridgehead atoms. The summed E-state index contributed by atoms with van der Waals surface area (Å²) in [5.74, 6) is 0.325. The van der Waals surface area contributed by atoms with E-state index in [4.69, 9.17) is 11.6 Å². The van der Waals surface area contributed by atoms with Crippen molar-refractivity contribution in [1.82, 2.24) is 9.29 Å². The van der Waals surface area contributed by atoms with Crippen LogP contribution in [-0.4, -0.2) is 31.3 Å². The number of nitrogens with zero attached hydrogens (tertiary/aromatic N) is 2. The summed E-state index contributed by atoms with van der Waals surface area (Å²) in [6, 6.07) is 3.17. The van der Waals surface area contributed by atoms with Gasteiger partial charge in [-0.25, -0.2) is 13.4 Å². The van der Waals surface area contributed by atoms with E-state index in [1.165, 1.54) is 16.6 Å². The van der Waals surface area contributed by atoms with Crippen molar-refractivity contribution in [2.24, 2.45) is 5.41 Å². The highest BCUT2D eigenvalue weighted by Gasteiger charge is 2.26. The number of hydrogen-bond acceptors (Lipinski definition) is 3. The summed E-state index contributed by atoms with van der Waals surface area (Å²) in [5, 5.41) is 0.0584. The Kier molecular flexibility index (Phi) is 4.75. The van der Waals surface area contributed by atoms with E-state index in [2.05, 4.69) is 4.98 Å². The maximum atomic E-state index is 12.2. The molecule has 6 heteroatoms. The molecule has 0 unspecified atom stereocenters. The first-order valence-electron chi connectivity index (χ1n) is 5.64. The number of halogens is 1. The molecule has 4 nitrogen and oxygen atoms in total. The maximum absolute atomic E-state index is 12.2. The Hall–Kier alpha value is -0.650. The second kappa shape index (κ2) is 5.55. The number of hydrogen-bond donors (Lipinski definition) is 0. The van der Waals surface area contributed by atoms with Gasteiger partial charge in [-0.1, -0.05) is 26.8 Å². The molecule has 0 saturated carbocycles. The molecule has 0 spiro atoms. The van der Waals surface area contributed by atoms with Gasteiger partial charge in [-0.15, -0.1) is 11.6 Å². The molecule has 1 aromatic rings. The van der Waals surface area contributed by atoms with Crippen LogP contribution in [0.5, 0.6) is 0 Å². The highest BCUT2D eigenvalue weighted by molar-refractivity contribution is 7.89. The molecule has 102 valence electrons. The molecular weight excluding hydrogens is 272 g/mol. The van der Waals surface area contributed by atoms with E-state index in [1.54, 1.807) is 13.1 Å². The van der Waals surface area contributed by atoms with Gasteiger partial charge in [0.15, 0.2) is 5.03 Å². The summed E-state index contributed by atoms with van der Waals surface area (Å²) in [7, 11) is -1.95. The smallest absolute Gasteiger partial charge is 0.243 e. The van der Waals surface area contributed by atoms with Gasteiger partial charge in [0.25, 0.3) is 10.0 Å². The Balaban J connectivity index is 2.98. The average Bonchev–Trinajstić information content (AvgIpc) is 2.27. The summed E-state index contributed by atoms with van der Waals surface area (Å²) < 4.78 is 25.8. The van der Waals surface area contributed by atoms with Crippen LogP contribution in [0.3, 0.4) is 0 Å². The topological polar surface area (TPSA) is 50.3 Å². The quantitative estimate of drug-likeness (QED) is 0.801. The number of rotatable bonds is 4. The van der Waals surface area contributed by atoms with Gasteiger partial charge < -0.3 is 0 Å². The standard InChI is InChI=1S/C12H19ClN2O2S/c1-12(2,3)9-15(4)18(16,17)11-6-5-10(7-13)8-14-11/h5-6,8H,7,9H2,1-4H3. The second-order valence-electron chi connectivity index (χ2n) is 5.46. The fourth-order valence-electron chi connectivity index (χ4n) is 1.56. The molecule has 0 aliphatic carbocycles. The summed E-state index contributed by atoms with van der Waals surface area (Å²) >= 11 is 5.64. The van der Waals surface area contributed by atoms with E-state index in [1.807, 2.05) is 20.8 Å². The Bertz CT molecular complexity index is 492. The second-order valence-corrected chi connectivity index (χ2v) is 7.72. The monoisotopic (exact) mass is 290 g/mol. The molecule has 0 saturated heterocycles. The van der Waals surface area contributed by atoms with Crippen molar-refractivity contribution < 1.29 is 8.42 Å². The number of aromatic nitrogens is 1. The Morgan fingerprint density at radius 3 is 2.33 bits per heavy atom. The van der Waals surface area contributed by atoms with Gasteiger partial charge in [-0.05, 0) is 17.0 Å². The van der Waals surface area contributed by atoms with Gasteiger partial charge in [0.05, 0.1) is 0 Å². The highest BCUT2D eigenvalue weighted by Crippen LogP contribution is 2.19. The van der Waals surface area contributed by atoms with Crippen LogP contribution >= 0.6 is 11.6 Å². The molecule has 0 radical (unpaired) electrons. The molecule has 0 fully saturated rings. The fraction of sp³-hybridized carbons (Fsp3) is 0.583. The highest BCUT2D eigenvalue weighted by atomic mass is 35.5. The van der Waals surface area contributed by atoms with Crippen LogP contribution < -0.4 is 0 Å². The molecule has 1 rings (SSSR count). The minimum atomic E-state index is -3.52. The van der Waals surface area contributed by atoms with Crippen molar-refractivity contribution in [3.8, 4) is 0 Å². The number of alkyl halides is 1. The van der Waals surface area contributed by atoms with Gasteiger partial charge in [0.1, 0.15) is 0 Å². The minimum Gasteiger partial charge on any atom is -0.243 e. The SMILES string of the molecule is CN(CC(C)(C)C)S(=O)(=O)c1ccc(CCl)cn1. The Morgan fingerprint density at radius 1 is 1.33 bits per heavy atom. The molecule has 0 atom stereocenters. The van der Waals surface area contributed by atoms with Gasteiger partial charge in [-0.3, -0.25) is 0 Å². The van der Waals surface area contributed by atoms with Crippen molar-refractivity contribution in [1.29, 1.82) is 0 Å². The largest absolute Gasteiger partial charge is 0.260 e. The van der Waals surface area contributed by atoms with Crippen LogP contribution in [0.2, 0.25) is 0 Å². The third kappa shape index (κ3) is 3.93. The fourth-order valence-corrected chi connectivity index (χ4v) is 3.02. The van der Waals surface area contributed by atoms with Crippen LogP contribution in [0.1, 0.15) is 26.3 Å². The van der Waals surface area contributed by atoms with Gasteiger partial charge in [-0.2, -0.15) is 4.31 Å². The van der Waals surface area contributed by atoms with Gasteiger partial charge >= 0.3 is 0 Å². The summed E-state index contributed by atoms with van der Waals surface area (Å²) in [5.41, 5.74) is 0.701. The van der Waals surface area contributed by atoms with Crippen LogP contribution in [0.25, 0.3) is 0 Å². The van der Waals surface area contributed by atoms with E-state index in [-0.39, 0.29) is 10.4 Å². The van der Waals surface area contributed by atoms with Crippen LogP contribution in [0, 0.1) is 5.41 Å². The van der Waals surface area contributed by atoms with Crippen molar-refractivity contribution >= 4 is 21.6 Å². The molecule has 0 N–H and O–H groups in total. The zero-order chi connectivity index (χ0) is 14.0. The lowest BCUT2D eigenvalue weighted by Crippen LogP contribution is -2.34. The molecule has 0 aliphatic rings. The predicted octanol–water partition coefficient (Wildman–Crippen LogP) is 2.49. The molecule has 0 aromatic carbocycles. The first-order chi connectivity index (χ1) is 8.16. The van der Waals surface area contributed by atoms with E-state index < -0.39 is 10.0 Å². The minimum absolute atomic E-state index is 0.0584. The van der Waals surface area contributed by atoms with Crippen LogP contribution in [0.15, 0.2) is 23.4 Å². The van der Waals surface area contributed by atoms with Crippen LogP contribution in [0.4, 0.5) is 0 Å². The normalized spacial score (nSPS) is 13.0. The first-order valence-corrected chi connectivity index (χ1v) is 7.61. The summed E-state index contributed by atoms with van der Waals surface area (Å²) in [6.07, 6.45) is 1.49. The lowest BCUT2D eigenvalue weighted by Gasteiger charge is -2.25. The molecular formula is C12H19ClN2O2S. The van der Waals surface area contributed by atoms with Crippen LogP contribution in [-0.2, 0) is 15.9 Å². The van der Waals surface area contributed by atoms with Crippen molar-refractivity contribution in [2.75, 3.05) is 13.6 Å². The zero-order valence-corrected chi connectivity index (χ0v) is 12.7. The molecule has 1 aromatic heterocycles. The number of pyridine rings is 1. The third-order valence-electron chi connectivity index (χ3n) is 2.32. The molecule has 0 aliphatic heterocycles. The van der Waals surface area contributed by atoms with Crippen molar-refractivity contribution in [3.63, 3.8) is 0 Å². The molecule has 0 amide bonds. The average molecular weight is 291 g/mol. The van der Waals surface area contributed by atoms with E-state index >= 15 is 0 Å². The predicted molar refractivity (Wildman–Crippen MR) is 73.1 cm³/mol. The lowest BCUT2D eigenvalue weighted by molar-refractivity contribution is 0.310. The molecule has 1 heterocycles. The lowest BCUT2D eigenvalue weighted by atomic mass is 9.97. The van der Waals surface area contributed by atoms with E-state index in [0.29, 0.717) is 12.4 Å². The van der Waals surface area contributed by atoms with E-state index in [0.717, 1.165) is 5.56 Å². The zero-order valence-electron chi connectivity index (χ0n) is 11.1. The van der Waals surface area contributed by atoms with Gasteiger partial charge in [0.2, 0.25) is 0 Å². The van der Waals surface area contributed by atoms with E-state index in [9.17, 15) is 8.42 Å². The molecule has 18 heavy (non-hydrogen) atoms. The first kappa shape index (κ1) is 15.4.